The van der Waals surface area contributed by atoms with Crippen molar-refractivity contribution < 1.29 is 0 Å². The Kier molecular flexibility index (Phi) is 23.4. The van der Waals surface area contributed by atoms with E-state index < -0.39 is 0 Å². The number of nitrogens with one attached hydrogen (secondary N) is 1. The molecule has 0 aliphatic heterocycles. The number of pyridine rings is 2. The van der Waals surface area contributed by atoms with Crippen molar-refractivity contribution >= 4 is 67.5 Å². The van der Waals surface area contributed by atoms with Crippen molar-refractivity contribution in [2.45, 2.75) is 132 Å². The van der Waals surface area contributed by atoms with Gasteiger partial charge in [-0.3, -0.25) is 9.59 Å². The van der Waals surface area contributed by atoms with E-state index in [1.165, 1.54) is 70.1 Å². The molecule has 282 valence electrons. The lowest BCUT2D eigenvalue weighted by Gasteiger charge is -2.20. The summed E-state index contributed by atoms with van der Waals surface area (Å²) >= 11 is 11.5. The number of isothiocyanates is 1. The lowest BCUT2D eigenvalue weighted by molar-refractivity contribution is 0.595. The molecule has 0 unspecified atom stereocenters. The maximum atomic E-state index is 12.8. The highest BCUT2D eigenvalue weighted by Gasteiger charge is 2.15. The van der Waals surface area contributed by atoms with E-state index in [4.69, 9.17) is 29.7 Å². The van der Waals surface area contributed by atoms with Gasteiger partial charge in [-0.05, 0) is 82.3 Å². The zero-order chi connectivity index (χ0) is 37.6. The highest BCUT2D eigenvalue weighted by molar-refractivity contribution is 8.22. The number of fused-ring (bicyclic) bond motifs is 2. The Morgan fingerprint density at radius 3 is 1.65 bits per heavy atom. The normalized spacial score (nSPS) is 10.2. The van der Waals surface area contributed by atoms with Gasteiger partial charge in [0.2, 0.25) is 0 Å². The number of rotatable bonds is 16. The second kappa shape index (κ2) is 26.2. The largest absolute Gasteiger partial charge is 0.353 e. The van der Waals surface area contributed by atoms with Crippen LogP contribution in [0.4, 0.5) is 0 Å². The van der Waals surface area contributed by atoms with Crippen molar-refractivity contribution in [1.82, 2.24) is 14.5 Å². The lowest BCUT2D eigenvalue weighted by Crippen LogP contribution is -2.27. The number of nitrogens with zero attached hydrogens (tertiary/aromatic N) is 4. The number of hydrogen-bond acceptors (Lipinski definition) is 7. The summed E-state index contributed by atoms with van der Waals surface area (Å²) in [6.07, 6.45) is 16.0. The predicted octanol–water partition coefficient (Wildman–Crippen LogP) is 11.1. The molecule has 2 aromatic heterocycles. The molecule has 0 aliphatic carbocycles. The van der Waals surface area contributed by atoms with Crippen LogP contribution in [0.15, 0.2) is 63.1 Å². The fourth-order valence-electron chi connectivity index (χ4n) is 6.26. The number of hydrogen-bond donors (Lipinski definition) is 1. The van der Waals surface area contributed by atoms with Crippen LogP contribution in [-0.2, 0) is 26.2 Å². The van der Waals surface area contributed by atoms with Crippen LogP contribution in [0, 0.1) is 25.2 Å². The smallest absolute Gasteiger partial charge is 0.192 e. The molecule has 0 aliphatic rings. The Bertz CT molecular complexity index is 1920. The average Bonchev–Trinajstić information content (AvgIpc) is 3.15. The molecule has 0 spiro atoms. The molecular formula is C42H59N5O2S3. The summed E-state index contributed by atoms with van der Waals surface area (Å²) in [5, 5.41) is 14.6. The zero-order valence-corrected chi connectivity index (χ0v) is 33.8. The number of thiocarbonyl (C=S) groups is 2. The third kappa shape index (κ3) is 13.7. The molecule has 4 aromatic rings. The fourth-order valence-corrected chi connectivity index (χ4v) is 6.59. The zero-order valence-electron chi connectivity index (χ0n) is 31.3. The Morgan fingerprint density at radius 2 is 1.21 bits per heavy atom. The number of aliphatic imine (C=N–C) groups is 1. The summed E-state index contributed by atoms with van der Waals surface area (Å²) in [4.78, 5) is 29.5. The first-order chi connectivity index (χ1) is 24.7. The van der Waals surface area contributed by atoms with Crippen LogP contribution < -0.4 is 16.2 Å². The van der Waals surface area contributed by atoms with Crippen LogP contribution in [-0.4, -0.2) is 24.9 Å². The molecule has 10 heteroatoms. The average molecular weight is 762 g/mol. The molecule has 0 bridgehead atoms. The SMILES string of the molecule is C.CC#N.CCCCCCCc1c(C)c(=O)c2ccccc2n1CN=C=S.CCCCCCCc1c(C)c(=O)c2ccccc2n1CNC(=S)SC. The standard InChI is InChI=1S/C20H28N2OS2.C19H24N2OS.C2H3N.CH4/c1-4-5-6-7-8-12-17-15(2)19(23)16-11-9-10-13-18(16)22(17)14-21-20(24)25-3;1-3-4-5-6-7-11-17-15(2)19(22)16-10-8-9-12-18(16)21(17)13-20-14-23;1-2-3;/h9-11,13H,4-8,12,14H2,1-3H3,(H,21,24);8-10,12H,3-7,11,13H2,1-2H3;1H3;1H4. The summed E-state index contributed by atoms with van der Waals surface area (Å²) in [7, 11) is 0. The number of para-hydroxylation sites is 2. The van der Waals surface area contributed by atoms with E-state index in [1.54, 1.807) is 6.07 Å². The first kappa shape index (κ1) is 46.4. The summed E-state index contributed by atoms with van der Waals surface area (Å²) in [6.45, 7) is 10.8. The van der Waals surface area contributed by atoms with Gasteiger partial charge in [-0.15, -0.1) is 11.8 Å². The molecule has 7 nitrogen and oxygen atoms in total. The predicted molar refractivity (Wildman–Crippen MR) is 233 cm³/mol. The minimum atomic E-state index is 0. The second-order valence-corrected chi connectivity index (χ2v) is 14.1. The van der Waals surface area contributed by atoms with Gasteiger partial charge in [0.25, 0.3) is 0 Å². The molecule has 0 saturated carbocycles. The summed E-state index contributed by atoms with van der Waals surface area (Å²) in [6, 6.07) is 17.3. The van der Waals surface area contributed by atoms with Crippen LogP contribution in [0.25, 0.3) is 21.8 Å². The maximum absolute atomic E-state index is 12.8. The third-order valence-corrected chi connectivity index (χ3v) is 10.2. The van der Waals surface area contributed by atoms with Gasteiger partial charge in [-0.25, -0.2) is 4.99 Å². The molecule has 0 atom stereocenters. The first-order valence-corrected chi connectivity index (χ1v) is 20.1. The molecule has 0 fully saturated rings. The Balaban J connectivity index is 0.000000476. The highest BCUT2D eigenvalue weighted by atomic mass is 32.2. The van der Waals surface area contributed by atoms with Gasteiger partial charge in [0, 0.05) is 40.2 Å². The quantitative estimate of drug-likeness (QED) is 0.0690. The number of unbranched alkanes of at least 4 members (excludes halogenated alkanes) is 8. The van der Waals surface area contributed by atoms with E-state index in [0.717, 1.165) is 74.3 Å². The third-order valence-electron chi connectivity index (χ3n) is 8.96. The molecular weight excluding hydrogens is 703 g/mol. The monoisotopic (exact) mass is 761 g/mol. The van der Waals surface area contributed by atoms with Crippen molar-refractivity contribution in [3.8, 4) is 6.07 Å². The fraction of sp³-hybridized carbons (Fsp3) is 0.500. The van der Waals surface area contributed by atoms with E-state index in [1.807, 2.05) is 68.6 Å². The lowest BCUT2D eigenvalue weighted by atomic mass is 10.0. The summed E-state index contributed by atoms with van der Waals surface area (Å²) in [5.74, 6) is 0. The molecule has 1 N–H and O–H groups in total. The Morgan fingerprint density at radius 1 is 0.788 bits per heavy atom. The van der Waals surface area contributed by atoms with Gasteiger partial charge in [0.15, 0.2) is 10.9 Å². The minimum absolute atomic E-state index is 0. The van der Waals surface area contributed by atoms with Crippen LogP contribution >= 0.6 is 36.2 Å². The number of benzene rings is 2. The minimum Gasteiger partial charge on any atom is -0.353 e. The van der Waals surface area contributed by atoms with Crippen LogP contribution in [0.3, 0.4) is 0 Å². The summed E-state index contributed by atoms with van der Waals surface area (Å²) < 4.78 is 5.12. The van der Waals surface area contributed by atoms with Gasteiger partial charge >= 0.3 is 0 Å². The van der Waals surface area contributed by atoms with Gasteiger partial charge < -0.3 is 14.5 Å². The van der Waals surface area contributed by atoms with Gasteiger partial charge in [0.1, 0.15) is 11.0 Å². The van der Waals surface area contributed by atoms with Crippen LogP contribution in [0.5, 0.6) is 0 Å². The number of nitriles is 1. The molecule has 0 radical (unpaired) electrons. The van der Waals surface area contributed by atoms with Crippen molar-refractivity contribution in [3.63, 3.8) is 0 Å². The maximum Gasteiger partial charge on any atom is 0.192 e. The molecule has 4 rings (SSSR count). The van der Waals surface area contributed by atoms with E-state index in [0.29, 0.717) is 13.3 Å². The topological polar surface area (TPSA) is 92.2 Å². The molecule has 2 heterocycles. The molecule has 0 saturated heterocycles. The second-order valence-electron chi connectivity index (χ2n) is 12.5. The number of aromatic nitrogens is 2. The van der Waals surface area contributed by atoms with Crippen molar-refractivity contribution in [2.24, 2.45) is 4.99 Å². The van der Waals surface area contributed by atoms with Gasteiger partial charge in [-0.1, -0.05) is 109 Å². The van der Waals surface area contributed by atoms with Crippen molar-refractivity contribution in [2.75, 3.05) is 6.26 Å². The first-order valence-electron chi connectivity index (χ1n) is 18.1. The molecule has 2 aromatic carbocycles. The van der Waals surface area contributed by atoms with E-state index in [2.05, 4.69) is 38.5 Å². The molecule has 52 heavy (non-hydrogen) atoms. The van der Waals surface area contributed by atoms with Crippen molar-refractivity contribution in [1.29, 1.82) is 5.26 Å². The van der Waals surface area contributed by atoms with Crippen molar-refractivity contribution in [3.05, 3.63) is 91.5 Å². The van der Waals surface area contributed by atoms with E-state index >= 15 is 0 Å². The van der Waals surface area contributed by atoms with Gasteiger partial charge in [0.05, 0.1) is 28.9 Å². The Hall–Kier alpha value is -3.61. The van der Waals surface area contributed by atoms with E-state index in [9.17, 15) is 9.59 Å². The van der Waals surface area contributed by atoms with E-state index in [-0.39, 0.29) is 18.3 Å². The Labute approximate surface area is 326 Å². The number of thioether (sulfide) groups is 1. The van der Waals surface area contributed by atoms with Crippen LogP contribution in [0.1, 0.15) is 115 Å². The van der Waals surface area contributed by atoms with Crippen LogP contribution in [0.2, 0.25) is 0 Å². The summed E-state index contributed by atoms with van der Waals surface area (Å²) in [5.41, 5.74) is 6.12. The highest BCUT2D eigenvalue weighted by Crippen LogP contribution is 2.20. The van der Waals surface area contributed by atoms with Gasteiger partial charge in [-0.2, -0.15) is 5.26 Å². The molecule has 0 amide bonds.